The first-order valence-electron chi connectivity index (χ1n) is 6.06. The van der Waals surface area contributed by atoms with Gasteiger partial charge < -0.3 is 0 Å². The maximum atomic E-state index is 4.65. The molecule has 0 aliphatic heterocycles. The van der Waals surface area contributed by atoms with Crippen molar-refractivity contribution in [3.8, 4) is 22.6 Å². The van der Waals surface area contributed by atoms with Gasteiger partial charge in [0.05, 0.1) is 17.5 Å². The summed E-state index contributed by atoms with van der Waals surface area (Å²) in [6.07, 6.45) is 3.58. The second-order valence-corrected chi connectivity index (χ2v) is 4.25. The average Bonchev–Trinajstić information content (AvgIpc) is 3.17. The SMILES string of the molecule is c1ccc(-c2nc3ccnn3cc2-c2nnn[nH]2)cc1. The fourth-order valence-corrected chi connectivity index (χ4v) is 2.12. The Labute approximate surface area is 113 Å². The zero-order chi connectivity index (χ0) is 13.4. The molecule has 0 aliphatic carbocycles. The van der Waals surface area contributed by atoms with E-state index in [0.29, 0.717) is 5.82 Å². The second-order valence-electron chi connectivity index (χ2n) is 4.25. The Hall–Kier alpha value is -3.09. The highest BCUT2D eigenvalue weighted by molar-refractivity contribution is 5.78. The molecule has 0 atom stereocenters. The van der Waals surface area contributed by atoms with Crippen LogP contribution in [0.2, 0.25) is 0 Å². The summed E-state index contributed by atoms with van der Waals surface area (Å²) in [5.74, 6) is 0.564. The lowest BCUT2D eigenvalue weighted by Gasteiger charge is -2.07. The van der Waals surface area contributed by atoms with Gasteiger partial charge in [-0.05, 0) is 10.4 Å². The number of nitrogens with zero attached hydrogens (tertiary/aromatic N) is 6. The zero-order valence-electron chi connectivity index (χ0n) is 10.3. The Bertz CT molecular complexity index is 849. The molecule has 4 rings (SSSR count). The summed E-state index contributed by atoms with van der Waals surface area (Å²) in [6.45, 7) is 0. The molecule has 0 radical (unpaired) electrons. The molecule has 0 amide bonds. The van der Waals surface area contributed by atoms with Crippen molar-refractivity contribution in [2.75, 3.05) is 0 Å². The first-order valence-corrected chi connectivity index (χ1v) is 6.06. The van der Waals surface area contributed by atoms with Crippen LogP contribution in [-0.2, 0) is 0 Å². The number of hydrogen-bond acceptors (Lipinski definition) is 5. The highest BCUT2D eigenvalue weighted by atomic mass is 15.5. The number of tetrazole rings is 1. The van der Waals surface area contributed by atoms with Crippen LogP contribution in [0.5, 0.6) is 0 Å². The maximum absolute atomic E-state index is 4.65. The van der Waals surface area contributed by atoms with Gasteiger partial charge in [-0.15, -0.1) is 5.10 Å². The van der Waals surface area contributed by atoms with Crippen molar-refractivity contribution >= 4 is 5.65 Å². The van der Waals surface area contributed by atoms with Gasteiger partial charge >= 0.3 is 0 Å². The third-order valence-electron chi connectivity index (χ3n) is 3.03. The van der Waals surface area contributed by atoms with Crippen LogP contribution >= 0.6 is 0 Å². The van der Waals surface area contributed by atoms with E-state index in [1.54, 1.807) is 10.7 Å². The molecule has 1 aromatic carbocycles. The van der Waals surface area contributed by atoms with Crippen molar-refractivity contribution in [3.63, 3.8) is 0 Å². The minimum Gasteiger partial charge on any atom is -0.239 e. The fraction of sp³-hybridized carbons (Fsp3) is 0. The van der Waals surface area contributed by atoms with E-state index in [2.05, 4.69) is 30.7 Å². The van der Waals surface area contributed by atoms with Gasteiger partial charge in [-0.25, -0.2) is 14.6 Å². The first kappa shape index (κ1) is 10.8. The third-order valence-corrected chi connectivity index (χ3v) is 3.03. The van der Waals surface area contributed by atoms with E-state index < -0.39 is 0 Å². The number of nitrogens with one attached hydrogen (secondary N) is 1. The van der Waals surface area contributed by atoms with Gasteiger partial charge in [0.1, 0.15) is 0 Å². The van der Waals surface area contributed by atoms with E-state index in [0.717, 1.165) is 22.5 Å². The quantitative estimate of drug-likeness (QED) is 0.593. The minimum absolute atomic E-state index is 0.564. The van der Waals surface area contributed by atoms with Crippen LogP contribution in [0.3, 0.4) is 0 Å². The predicted molar refractivity (Wildman–Crippen MR) is 71.6 cm³/mol. The van der Waals surface area contributed by atoms with Crippen LogP contribution < -0.4 is 0 Å². The average molecular weight is 263 g/mol. The van der Waals surface area contributed by atoms with Crippen molar-refractivity contribution in [1.29, 1.82) is 0 Å². The van der Waals surface area contributed by atoms with E-state index in [1.807, 2.05) is 42.6 Å². The topological polar surface area (TPSA) is 84.7 Å². The van der Waals surface area contributed by atoms with Gasteiger partial charge in [-0.1, -0.05) is 30.3 Å². The minimum atomic E-state index is 0.564. The normalized spacial score (nSPS) is 11.0. The van der Waals surface area contributed by atoms with Crippen molar-refractivity contribution in [2.45, 2.75) is 0 Å². The fourth-order valence-electron chi connectivity index (χ4n) is 2.12. The maximum Gasteiger partial charge on any atom is 0.183 e. The Morgan fingerprint density at radius 2 is 1.95 bits per heavy atom. The molecule has 0 fully saturated rings. The lowest BCUT2D eigenvalue weighted by atomic mass is 10.1. The molecule has 4 aromatic rings. The summed E-state index contributed by atoms with van der Waals surface area (Å²) in [7, 11) is 0. The summed E-state index contributed by atoms with van der Waals surface area (Å²) in [4.78, 5) is 4.65. The Morgan fingerprint density at radius 3 is 2.75 bits per heavy atom. The molecule has 96 valence electrons. The number of benzene rings is 1. The van der Waals surface area contributed by atoms with Crippen LogP contribution in [0.25, 0.3) is 28.3 Å². The number of rotatable bonds is 2. The summed E-state index contributed by atoms with van der Waals surface area (Å²) in [6, 6.07) is 11.8. The van der Waals surface area contributed by atoms with Gasteiger partial charge in [-0.3, -0.25) is 0 Å². The largest absolute Gasteiger partial charge is 0.239 e. The Balaban J connectivity index is 2.04. The lowest BCUT2D eigenvalue weighted by Crippen LogP contribution is -1.97. The molecular formula is C13H9N7. The predicted octanol–water partition coefficient (Wildman–Crippen LogP) is 1.58. The molecule has 3 aromatic heterocycles. The molecule has 7 heteroatoms. The number of aromatic amines is 1. The third kappa shape index (κ3) is 1.64. The van der Waals surface area contributed by atoms with E-state index in [4.69, 9.17) is 0 Å². The second kappa shape index (κ2) is 4.23. The Morgan fingerprint density at radius 1 is 1.05 bits per heavy atom. The molecule has 20 heavy (non-hydrogen) atoms. The van der Waals surface area contributed by atoms with Crippen LogP contribution in [0.15, 0.2) is 48.8 Å². The number of fused-ring (bicyclic) bond motifs is 1. The van der Waals surface area contributed by atoms with Gasteiger partial charge in [0, 0.05) is 17.8 Å². The number of aromatic nitrogens is 7. The van der Waals surface area contributed by atoms with E-state index >= 15 is 0 Å². The summed E-state index contributed by atoms with van der Waals surface area (Å²) in [5, 5.41) is 18.2. The molecule has 1 N–H and O–H groups in total. The number of H-pyrrole nitrogens is 1. The summed E-state index contributed by atoms with van der Waals surface area (Å²) >= 11 is 0. The van der Waals surface area contributed by atoms with Crippen molar-refractivity contribution < 1.29 is 0 Å². The van der Waals surface area contributed by atoms with E-state index in [1.165, 1.54) is 0 Å². The van der Waals surface area contributed by atoms with Crippen molar-refractivity contribution in [1.82, 2.24) is 35.2 Å². The smallest absolute Gasteiger partial charge is 0.183 e. The van der Waals surface area contributed by atoms with Gasteiger partial charge in [0.25, 0.3) is 0 Å². The summed E-state index contributed by atoms with van der Waals surface area (Å²) in [5.41, 5.74) is 3.40. The van der Waals surface area contributed by atoms with Crippen LogP contribution in [0.1, 0.15) is 0 Å². The Kier molecular flexibility index (Phi) is 2.28. The molecule has 0 bridgehead atoms. The molecular weight excluding hydrogens is 254 g/mol. The molecule has 7 nitrogen and oxygen atoms in total. The van der Waals surface area contributed by atoms with Crippen molar-refractivity contribution in [3.05, 3.63) is 48.8 Å². The van der Waals surface area contributed by atoms with Crippen LogP contribution in [-0.4, -0.2) is 35.2 Å². The van der Waals surface area contributed by atoms with E-state index in [9.17, 15) is 0 Å². The van der Waals surface area contributed by atoms with Gasteiger partial charge in [0.2, 0.25) is 0 Å². The standard InChI is InChI=1S/C13H9N7/c1-2-4-9(5-3-1)12-10(13-16-18-19-17-13)8-20-11(15-12)6-7-14-20/h1-8H,(H,16,17,18,19). The monoisotopic (exact) mass is 263 g/mol. The van der Waals surface area contributed by atoms with Crippen LogP contribution in [0.4, 0.5) is 0 Å². The van der Waals surface area contributed by atoms with E-state index in [-0.39, 0.29) is 0 Å². The molecule has 0 aliphatic rings. The van der Waals surface area contributed by atoms with Gasteiger partial charge in [0.15, 0.2) is 11.5 Å². The van der Waals surface area contributed by atoms with Crippen molar-refractivity contribution in [2.24, 2.45) is 0 Å². The number of hydrogen-bond donors (Lipinski definition) is 1. The molecule has 0 unspecified atom stereocenters. The molecule has 0 saturated heterocycles. The van der Waals surface area contributed by atoms with Crippen LogP contribution in [0, 0.1) is 0 Å². The molecule has 0 saturated carbocycles. The molecule has 0 spiro atoms. The zero-order valence-corrected chi connectivity index (χ0v) is 10.3. The lowest BCUT2D eigenvalue weighted by molar-refractivity contribution is 0.881. The highest BCUT2D eigenvalue weighted by Crippen LogP contribution is 2.28. The summed E-state index contributed by atoms with van der Waals surface area (Å²) < 4.78 is 1.70. The first-order chi connectivity index (χ1) is 9.92. The highest BCUT2D eigenvalue weighted by Gasteiger charge is 2.14. The van der Waals surface area contributed by atoms with Gasteiger partial charge in [-0.2, -0.15) is 5.10 Å². The molecule has 3 heterocycles.